The van der Waals surface area contributed by atoms with E-state index in [2.05, 4.69) is 29.2 Å². The van der Waals surface area contributed by atoms with Crippen molar-refractivity contribution in [1.82, 2.24) is 0 Å². The number of aliphatic hydroxyl groups excluding tert-OH is 1. The summed E-state index contributed by atoms with van der Waals surface area (Å²) in [6.45, 7) is 4.16. The van der Waals surface area contributed by atoms with E-state index in [4.69, 9.17) is 0 Å². The van der Waals surface area contributed by atoms with Gasteiger partial charge in [0.25, 0.3) is 0 Å². The first-order chi connectivity index (χ1) is 7.77. The molecule has 1 heterocycles. The fraction of sp³-hybridized carbons (Fsp3) is 0.571. The maximum absolute atomic E-state index is 9.19. The molecule has 1 aliphatic rings. The summed E-state index contributed by atoms with van der Waals surface area (Å²) in [5.41, 5.74) is 2.90. The summed E-state index contributed by atoms with van der Waals surface area (Å²) in [5, 5.41) is 9.19. The molecular weight excluding hydrogens is 198 g/mol. The molecule has 0 saturated carbocycles. The summed E-state index contributed by atoms with van der Waals surface area (Å²) < 4.78 is 0. The van der Waals surface area contributed by atoms with Crippen molar-refractivity contribution in [2.75, 3.05) is 18.0 Å². The van der Waals surface area contributed by atoms with E-state index in [1.807, 2.05) is 6.92 Å². The van der Waals surface area contributed by atoms with E-state index in [9.17, 15) is 5.11 Å². The zero-order valence-corrected chi connectivity index (χ0v) is 10.0. The van der Waals surface area contributed by atoms with E-state index in [1.54, 1.807) is 0 Å². The molecule has 0 saturated heterocycles. The maximum atomic E-state index is 9.19. The average molecular weight is 219 g/mol. The first-order valence-corrected chi connectivity index (χ1v) is 6.28. The van der Waals surface area contributed by atoms with E-state index in [0.29, 0.717) is 0 Å². The molecule has 0 spiro atoms. The molecule has 0 aliphatic carbocycles. The van der Waals surface area contributed by atoms with Crippen molar-refractivity contribution in [2.24, 2.45) is 0 Å². The van der Waals surface area contributed by atoms with Crippen molar-refractivity contribution in [2.45, 2.75) is 38.7 Å². The van der Waals surface area contributed by atoms with Crippen LogP contribution in [0.1, 0.15) is 31.7 Å². The molecule has 1 N–H and O–H groups in total. The first kappa shape index (κ1) is 11.5. The Morgan fingerprint density at radius 1 is 1.31 bits per heavy atom. The lowest BCUT2D eigenvalue weighted by molar-refractivity contribution is 0.181. The third kappa shape index (κ3) is 2.76. The van der Waals surface area contributed by atoms with E-state index < -0.39 is 0 Å². The Morgan fingerprint density at radius 3 is 2.94 bits per heavy atom. The molecule has 0 aromatic heterocycles. The second kappa shape index (κ2) is 5.35. The van der Waals surface area contributed by atoms with Crippen LogP contribution in [0.3, 0.4) is 0 Å². The van der Waals surface area contributed by atoms with Crippen molar-refractivity contribution in [3.8, 4) is 0 Å². The van der Waals surface area contributed by atoms with Gasteiger partial charge in [0.15, 0.2) is 0 Å². The Balaban J connectivity index is 1.80. The molecule has 1 aliphatic heterocycles. The molecule has 88 valence electrons. The summed E-state index contributed by atoms with van der Waals surface area (Å²) in [6, 6.07) is 8.69. The number of hydrogen-bond acceptors (Lipinski definition) is 2. The van der Waals surface area contributed by atoms with Crippen molar-refractivity contribution < 1.29 is 5.11 Å². The van der Waals surface area contributed by atoms with E-state index in [-0.39, 0.29) is 6.10 Å². The summed E-state index contributed by atoms with van der Waals surface area (Å²) >= 11 is 0. The number of anilines is 1. The number of hydrogen-bond donors (Lipinski definition) is 1. The molecular formula is C14H21NO. The standard InChI is InChI=1S/C14H21NO/c1-12(16)6-4-5-10-15-11-9-13-7-2-3-8-14(13)15/h2-3,7-8,12,16H,4-6,9-11H2,1H3. The molecule has 1 unspecified atom stereocenters. The highest BCUT2D eigenvalue weighted by Gasteiger charge is 2.17. The lowest BCUT2D eigenvalue weighted by Crippen LogP contribution is -2.21. The third-order valence-electron chi connectivity index (χ3n) is 3.28. The molecule has 0 amide bonds. The molecule has 0 bridgehead atoms. The molecule has 16 heavy (non-hydrogen) atoms. The number of unbranched alkanes of at least 4 members (excludes halogenated alkanes) is 1. The quantitative estimate of drug-likeness (QED) is 0.769. The van der Waals surface area contributed by atoms with Crippen molar-refractivity contribution in [3.63, 3.8) is 0 Å². The number of nitrogens with zero attached hydrogens (tertiary/aromatic N) is 1. The van der Waals surface area contributed by atoms with Crippen LogP contribution >= 0.6 is 0 Å². The van der Waals surface area contributed by atoms with Gasteiger partial charge < -0.3 is 10.0 Å². The predicted molar refractivity (Wildman–Crippen MR) is 67.9 cm³/mol. The lowest BCUT2D eigenvalue weighted by Gasteiger charge is -2.19. The smallest absolute Gasteiger partial charge is 0.0512 e. The van der Waals surface area contributed by atoms with Gasteiger partial charge >= 0.3 is 0 Å². The molecule has 1 atom stereocenters. The fourth-order valence-electron chi connectivity index (χ4n) is 2.38. The van der Waals surface area contributed by atoms with Crippen LogP contribution in [0.15, 0.2) is 24.3 Å². The van der Waals surface area contributed by atoms with Crippen LogP contribution < -0.4 is 4.90 Å². The average Bonchev–Trinajstić information content (AvgIpc) is 2.68. The number of para-hydroxylation sites is 1. The molecule has 2 rings (SSSR count). The van der Waals surface area contributed by atoms with Gasteiger partial charge in [0.1, 0.15) is 0 Å². The minimum Gasteiger partial charge on any atom is -0.393 e. The third-order valence-corrected chi connectivity index (χ3v) is 3.28. The van der Waals surface area contributed by atoms with E-state index in [0.717, 1.165) is 25.9 Å². The Kier molecular flexibility index (Phi) is 3.83. The van der Waals surface area contributed by atoms with Crippen LogP contribution in [0, 0.1) is 0 Å². The first-order valence-electron chi connectivity index (χ1n) is 6.28. The minimum absolute atomic E-state index is 0.147. The highest BCUT2D eigenvalue weighted by Crippen LogP contribution is 2.27. The van der Waals surface area contributed by atoms with Gasteiger partial charge in [-0.25, -0.2) is 0 Å². The summed E-state index contributed by atoms with van der Waals surface area (Å²) in [6.07, 6.45) is 4.27. The SMILES string of the molecule is CC(O)CCCCN1CCc2ccccc21. The van der Waals surface area contributed by atoms with Gasteiger partial charge in [-0.05, 0) is 44.2 Å². The Hall–Kier alpha value is -1.02. The fourth-order valence-corrected chi connectivity index (χ4v) is 2.38. The van der Waals surface area contributed by atoms with Gasteiger partial charge in [-0.2, -0.15) is 0 Å². The van der Waals surface area contributed by atoms with Crippen LogP contribution in [-0.2, 0) is 6.42 Å². The maximum Gasteiger partial charge on any atom is 0.0512 e. The molecule has 2 nitrogen and oxygen atoms in total. The molecule has 0 radical (unpaired) electrons. The van der Waals surface area contributed by atoms with Crippen LogP contribution in [0.2, 0.25) is 0 Å². The molecule has 2 heteroatoms. The van der Waals surface area contributed by atoms with Gasteiger partial charge in [0.2, 0.25) is 0 Å². The highest BCUT2D eigenvalue weighted by atomic mass is 16.3. The minimum atomic E-state index is -0.147. The largest absolute Gasteiger partial charge is 0.393 e. The molecule has 1 aromatic carbocycles. The Labute approximate surface area is 97.9 Å². The molecule has 1 aromatic rings. The predicted octanol–water partition coefficient (Wildman–Crippen LogP) is 2.60. The van der Waals surface area contributed by atoms with Gasteiger partial charge in [-0.1, -0.05) is 18.2 Å². The molecule has 0 fully saturated rings. The Morgan fingerprint density at radius 2 is 2.12 bits per heavy atom. The summed E-state index contributed by atoms with van der Waals surface area (Å²) in [7, 11) is 0. The normalized spacial score (nSPS) is 16.2. The topological polar surface area (TPSA) is 23.5 Å². The van der Waals surface area contributed by atoms with Gasteiger partial charge in [-0.3, -0.25) is 0 Å². The second-order valence-electron chi connectivity index (χ2n) is 4.71. The van der Waals surface area contributed by atoms with Crippen LogP contribution in [0.5, 0.6) is 0 Å². The Bertz CT molecular complexity index is 335. The van der Waals surface area contributed by atoms with Gasteiger partial charge in [-0.15, -0.1) is 0 Å². The van der Waals surface area contributed by atoms with E-state index >= 15 is 0 Å². The van der Waals surface area contributed by atoms with Crippen LogP contribution in [0.25, 0.3) is 0 Å². The summed E-state index contributed by atoms with van der Waals surface area (Å²) in [4.78, 5) is 2.47. The van der Waals surface area contributed by atoms with Crippen molar-refractivity contribution >= 4 is 5.69 Å². The van der Waals surface area contributed by atoms with Gasteiger partial charge in [0, 0.05) is 18.8 Å². The zero-order chi connectivity index (χ0) is 11.4. The van der Waals surface area contributed by atoms with Gasteiger partial charge in [0.05, 0.1) is 6.10 Å². The summed E-state index contributed by atoms with van der Waals surface area (Å²) in [5.74, 6) is 0. The lowest BCUT2D eigenvalue weighted by atomic mass is 10.1. The second-order valence-corrected chi connectivity index (χ2v) is 4.71. The number of rotatable bonds is 5. The van der Waals surface area contributed by atoms with Crippen LogP contribution in [-0.4, -0.2) is 24.3 Å². The van der Waals surface area contributed by atoms with Crippen LogP contribution in [0.4, 0.5) is 5.69 Å². The zero-order valence-electron chi connectivity index (χ0n) is 10.0. The number of benzene rings is 1. The number of fused-ring (bicyclic) bond motifs is 1. The monoisotopic (exact) mass is 219 g/mol. The van der Waals surface area contributed by atoms with Crippen molar-refractivity contribution in [3.05, 3.63) is 29.8 Å². The highest BCUT2D eigenvalue weighted by molar-refractivity contribution is 5.57. The van der Waals surface area contributed by atoms with Crippen molar-refractivity contribution in [1.29, 1.82) is 0 Å². The van der Waals surface area contributed by atoms with E-state index in [1.165, 1.54) is 24.1 Å². The number of aliphatic hydroxyl groups is 1.